The molecule has 0 atom stereocenters. The third-order valence-corrected chi connectivity index (χ3v) is 2.61. The fraction of sp³-hybridized carbons (Fsp3) is 0.429. The van der Waals surface area contributed by atoms with Gasteiger partial charge in [0.1, 0.15) is 0 Å². The van der Waals surface area contributed by atoms with Crippen LogP contribution in [0.4, 0.5) is 0 Å². The largest absolute Gasteiger partial charge is 0.301 e. The molecule has 18 heavy (non-hydrogen) atoms. The topological polar surface area (TPSA) is 45.8 Å². The molecule has 0 spiro atoms. The molecular formula is C14H22N2OS. The standard InChI is InChI=1S/C10H10N2OS.2C2H6/c1-6-3-4-8-7(5-6)9(13)12-10(11-8)14-2;2*1-2/h3-5H,1-2H3,(H,11,12,13);2*1-2H3. The molecule has 1 N–H and O–H groups in total. The molecule has 1 aromatic heterocycles. The van der Waals surface area contributed by atoms with Gasteiger partial charge in [-0.2, -0.15) is 0 Å². The van der Waals surface area contributed by atoms with Crippen LogP contribution in [0.15, 0.2) is 28.2 Å². The van der Waals surface area contributed by atoms with Crippen molar-refractivity contribution in [1.29, 1.82) is 0 Å². The van der Waals surface area contributed by atoms with Gasteiger partial charge in [0.25, 0.3) is 5.56 Å². The predicted octanol–water partition coefficient (Wildman–Crippen LogP) is 4.01. The first-order chi connectivity index (χ1) is 8.70. The van der Waals surface area contributed by atoms with E-state index in [-0.39, 0.29) is 5.56 Å². The number of aromatic nitrogens is 2. The Morgan fingerprint density at radius 1 is 1.17 bits per heavy atom. The Morgan fingerprint density at radius 3 is 2.33 bits per heavy atom. The van der Waals surface area contributed by atoms with Gasteiger partial charge in [0.15, 0.2) is 5.16 Å². The molecule has 0 amide bonds. The summed E-state index contributed by atoms with van der Waals surface area (Å²) < 4.78 is 0. The van der Waals surface area contributed by atoms with Gasteiger partial charge in [-0.15, -0.1) is 0 Å². The molecule has 0 unspecified atom stereocenters. The van der Waals surface area contributed by atoms with Crippen molar-refractivity contribution in [2.45, 2.75) is 39.8 Å². The molecule has 0 bridgehead atoms. The maximum atomic E-state index is 11.6. The van der Waals surface area contributed by atoms with Crippen molar-refractivity contribution in [3.63, 3.8) is 0 Å². The third kappa shape index (κ3) is 4.18. The van der Waals surface area contributed by atoms with E-state index < -0.39 is 0 Å². The van der Waals surface area contributed by atoms with E-state index in [1.54, 1.807) is 0 Å². The monoisotopic (exact) mass is 266 g/mol. The molecule has 0 radical (unpaired) electrons. The number of fused-ring (bicyclic) bond motifs is 1. The molecule has 2 aromatic rings. The number of thioether (sulfide) groups is 1. The summed E-state index contributed by atoms with van der Waals surface area (Å²) in [5.41, 5.74) is 1.76. The van der Waals surface area contributed by atoms with Gasteiger partial charge in [0, 0.05) is 0 Å². The summed E-state index contributed by atoms with van der Waals surface area (Å²) in [7, 11) is 0. The van der Waals surface area contributed by atoms with E-state index in [2.05, 4.69) is 9.97 Å². The van der Waals surface area contributed by atoms with E-state index in [0.29, 0.717) is 10.5 Å². The van der Waals surface area contributed by atoms with Crippen molar-refractivity contribution in [1.82, 2.24) is 9.97 Å². The second kappa shape index (κ2) is 8.75. The van der Waals surface area contributed by atoms with E-state index in [4.69, 9.17) is 0 Å². The van der Waals surface area contributed by atoms with Crippen molar-refractivity contribution in [2.75, 3.05) is 6.26 Å². The summed E-state index contributed by atoms with van der Waals surface area (Å²) in [4.78, 5) is 18.6. The molecule has 2 rings (SSSR count). The minimum absolute atomic E-state index is 0.0666. The van der Waals surface area contributed by atoms with Crippen LogP contribution in [-0.4, -0.2) is 16.2 Å². The van der Waals surface area contributed by atoms with Gasteiger partial charge in [-0.3, -0.25) is 4.79 Å². The normalized spacial score (nSPS) is 9.00. The number of hydrogen-bond acceptors (Lipinski definition) is 3. The SMILES string of the molecule is CC.CC.CSc1nc2ccc(C)cc2c(=O)[nH]1. The average Bonchev–Trinajstić information content (AvgIpc) is 2.44. The number of benzene rings is 1. The van der Waals surface area contributed by atoms with Crippen molar-refractivity contribution in [3.8, 4) is 0 Å². The number of H-pyrrole nitrogens is 1. The number of aromatic amines is 1. The smallest absolute Gasteiger partial charge is 0.259 e. The minimum Gasteiger partial charge on any atom is -0.301 e. The second-order valence-electron chi connectivity index (χ2n) is 3.10. The van der Waals surface area contributed by atoms with Crippen molar-refractivity contribution < 1.29 is 0 Å². The Balaban J connectivity index is 0.000000659. The maximum absolute atomic E-state index is 11.6. The van der Waals surface area contributed by atoms with Crippen LogP contribution < -0.4 is 5.56 Å². The Bertz CT molecular complexity index is 535. The van der Waals surface area contributed by atoms with E-state index in [1.807, 2.05) is 59.1 Å². The second-order valence-corrected chi connectivity index (χ2v) is 3.89. The number of nitrogens with one attached hydrogen (secondary N) is 1. The van der Waals surface area contributed by atoms with Crippen LogP contribution in [0.2, 0.25) is 0 Å². The molecule has 100 valence electrons. The van der Waals surface area contributed by atoms with Crippen LogP contribution in [0.25, 0.3) is 10.9 Å². The summed E-state index contributed by atoms with van der Waals surface area (Å²) in [6.07, 6.45) is 1.89. The van der Waals surface area contributed by atoms with Crippen LogP contribution in [0.5, 0.6) is 0 Å². The first-order valence-electron chi connectivity index (χ1n) is 6.25. The predicted molar refractivity (Wildman–Crippen MR) is 81.6 cm³/mol. The molecule has 1 heterocycles. The number of nitrogens with zero attached hydrogens (tertiary/aromatic N) is 1. The molecule has 1 aromatic carbocycles. The lowest BCUT2D eigenvalue weighted by Crippen LogP contribution is -2.08. The van der Waals surface area contributed by atoms with E-state index in [0.717, 1.165) is 11.1 Å². The number of aryl methyl sites for hydroxylation is 1. The number of rotatable bonds is 1. The highest BCUT2D eigenvalue weighted by molar-refractivity contribution is 7.98. The van der Waals surface area contributed by atoms with Gasteiger partial charge < -0.3 is 4.98 Å². The molecule has 0 fully saturated rings. The molecule has 0 saturated heterocycles. The van der Waals surface area contributed by atoms with Crippen molar-refractivity contribution >= 4 is 22.7 Å². The Labute approximate surface area is 113 Å². The Hall–Kier alpha value is -1.29. The average molecular weight is 266 g/mol. The first-order valence-corrected chi connectivity index (χ1v) is 7.48. The summed E-state index contributed by atoms with van der Waals surface area (Å²) in [5, 5.41) is 1.31. The summed E-state index contributed by atoms with van der Waals surface area (Å²) in [6.45, 7) is 9.96. The quantitative estimate of drug-likeness (QED) is 0.626. The molecule has 0 aliphatic rings. The van der Waals surface area contributed by atoms with E-state index in [1.165, 1.54) is 11.8 Å². The molecular weight excluding hydrogens is 244 g/mol. The van der Waals surface area contributed by atoms with Crippen molar-refractivity contribution in [3.05, 3.63) is 34.1 Å². The zero-order valence-electron chi connectivity index (χ0n) is 12.0. The highest BCUT2D eigenvalue weighted by Gasteiger charge is 2.02. The zero-order valence-corrected chi connectivity index (χ0v) is 12.8. The van der Waals surface area contributed by atoms with Crippen molar-refractivity contribution in [2.24, 2.45) is 0 Å². The minimum atomic E-state index is -0.0666. The molecule has 3 nitrogen and oxygen atoms in total. The molecule has 4 heteroatoms. The van der Waals surface area contributed by atoms with E-state index in [9.17, 15) is 4.79 Å². The summed E-state index contributed by atoms with van der Waals surface area (Å²) in [5.74, 6) is 0. The lowest BCUT2D eigenvalue weighted by atomic mass is 10.2. The van der Waals surface area contributed by atoms with Gasteiger partial charge in [-0.1, -0.05) is 51.1 Å². The fourth-order valence-corrected chi connectivity index (χ4v) is 1.71. The molecule has 0 saturated carbocycles. The van der Waals surface area contributed by atoms with Crippen LogP contribution in [0.3, 0.4) is 0 Å². The van der Waals surface area contributed by atoms with Gasteiger partial charge in [0.05, 0.1) is 10.9 Å². The van der Waals surface area contributed by atoms with Crippen LogP contribution in [0.1, 0.15) is 33.3 Å². The first kappa shape index (κ1) is 16.7. The van der Waals surface area contributed by atoms with Gasteiger partial charge in [-0.05, 0) is 25.3 Å². The van der Waals surface area contributed by atoms with Gasteiger partial charge in [-0.25, -0.2) is 4.98 Å². The lowest BCUT2D eigenvalue weighted by Gasteiger charge is -2.00. The fourth-order valence-electron chi connectivity index (χ4n) is 1.33. The molecule has 0 aliphatic heterocycles. The van der Waals surface area contributed by atoms with Crippen LogP contribution >= 0.6 is 11.8 Å². The summed E-state index contributed by atoms with van der Waals surface area (Å²) >= 11 is 1.44. The zero-order chi connectivity index (χ0) is 14.1. The summed E-state index contributed by atoms with van der Waals surface area (Å²) in [6, 6.07) is 5.68. The highest BCUT2D eigenvalue weighted by atomic mass is 32.2. The Morgan fingerprint density at radius 2 is 1.78 bits per heavy atom. The van der Waals surface area contributed by atoms with Gasteiger partial charge in [0.2, 0.25) is 0 Å². The van der Waals surface area contributed by atoms with E-state index >= 15 is 0 Å². The Kier molecular flexibility index (Phi) is 8.12. The maximum Gasteiger partial charge on any atom is 0.259 e. The number of hydrogen-bond donors (Lipinski definition) is 1. The third-order valence-electron chi connectivity index (χ3n) is 2.03. The van der Waals surface area contributed by atoms with Crippen LogP contribution in [0, 0.1) is 6.92 Å². The lowest BCUT2D eigenvalue weighted by molar-refractivity contribution is 0.977. The van der Waals surface area contributed by atoms with Gasteiger partial charge >= 0.3 is 0 Å². The van der Waals surface area contributed by atoms with Crippen LogP contribution in [-0.2, 0) is 0 Å². The highest BCUT2D eigenvalue weighted by Crippen LogP contribution is 2.13. The molecule has 0 aliphatic carbocycles.